The molecular weight excluding hydrogens is 246 g/mol. The number of nitro benzene ring substituents is 1. The Balaban J connectivity index is 2.09. The first-order valence-electron chi connectivity index (χ1n) is 6.19. The highest BCUT2D eigenvalue weighted by Crippen LogP contribution is 2.44. The van der Waals surface area contributed by atoms with E-state index in [1.54, 1.807) is 19.2 Å². The summed E-state index contributed by atoms with van der Waals surface area (Å²) in [7, 11) is 1.71. The van der Waals surface area contributed by atoms with Gasteiger partial charge in [0, 0.05) is 30.3 Å². The molecule has 1 aromatic carbocycles. The number of hydrogen-bond acceptors (Lipinski definition) is 5. The molecule has 0 radical (unpaired) electrons. The molecule has 0 amide bonds. The normalized spacial score (nSPS) is 24.6. The van der Waals surface area contributed by atoms with E-state index in [1.807, 2.05) is 0 Å². The van der Waals surface area contributed by atoms with Crippen LogP contribution in [0.4, 0.5) is 17.1 Å². The van der Waals surface area contributed by atoms with Crippen molar-refractivity contribution in [2.45, 2.75) is 32.4 Å². The lowest BCUT2D eigenvalue weighted by molar-refractivity contribution is -0.383. The summed E-state index contributed by atoms with van der Waals surface area (Å²) in [5.41, 5.74) is 6.62. The molecule has 2 unspecified atom stereocenters. The number of methoxy groups -OCH3 is 1. The Morgan fingerprint density at radius 2 is 2.21 bits per heavy atom. The van der Waals surface area contributed by atoms with Crippen LogP contribution >= 0.6 is 0 Å². The number of rotatable bonds is 4. The van der Waals surface area contributed by atoms with Gasteiger partial charge in [0.25, 0.3) is 5.69 Å². The molecule has 1 aromatic rings. The van der Waals surface area contributed by atoms with E-state index in [0.29, 0.717) is 0 Å². The highest BCUT2D eigenvalue weighted by Gasteiger charge is 2.48. The van der Waals surface area contributed by atoms with Gasteiger partial charge in [-0.1, -0.05) is 13.8 Å². The van der Waals surface area contributed by atoms with Crippen molar-refractivity contribution in [1.82, 2.24) is 0 Å². The summed E-state index contributed by atoms with van der Waals surface area (Å²) in [6.45, 7) is 4.27. The van der Waals surface area contributed by atoms with Crippen LogP contribution in [0.2, 0.25) is 0 Å². The largest absolute Gasteiger partial charge is 0.393 e. The highest BCUT2D eigenvalue weighted by atomic mass is 16.6. The Bertz CT molecular complexity index is 502. The van der Waals surface area contributed by atoms with Crippen molar-refractivity contribution in [2.24, 2.45) is 5.41 Å². The molecule has 0 bridgehead atoms. The molecular formula is C13H19N3O3. The zero-order valence-corrected chi connectivity index (χ0v) is 11.3. The Labute approximate surface area is 112 Å². The first-order chi connectivity index (χ1) is 8.86. The van der Waals surface area contributed by atoms with Crippen LogP contribution in [-0.4, -0.2) is 24.2 Å². The summed E-state index contributed by atoms with van der Waals surface area (Å²) < 4.78 is 5.39. The minimum atomic E-state index is -0.479. The Kier molecular flexibility index (Phi) is 3.36. The fourth-order valence-electron chi connectivity index (χ4n) is 2.54. The smallest absolute Gasteiger partial charge is 0.292 e. The summed E-state index contributed by atoms with van der Waals surface area (Å²) in [5.74, 6) is 0. The van der Waals surface area contributed by atoms with Crippen LogP contribution in [0.5, 0.6) is 0 Å². The van der Waals surface area contributed by atoms with Gasteiger partial charge in [-0.2, -0.15) is 0 Å². The zero-order chi connectivity index (χ0) is 14.2. The number of ether oxygens (including phenoxy) is 1. The van der Waals surface area contributed by atoms with Gasteiger partial charge in [-0.05, 0) is 18.6 Å². The molecule has 0 aliphatic heterocycles. The van der Waals surface area contributed by atoms with Gasteiger partial charge < -0.3 is 15.8 Å². The van der Waals surface area contributed by atoms with Crippen molar-refractivity contribution in [1.29, 1.82) is 0 Å². The molecule has 2 atom stereocenters. The van der Waals surface area contributed by atoms with E-state index >= 15 is 0 Å². The van der Waals surface area contributed by atoms with Crippen LogP contribution in [0, 0.1) is 15.5 Å². The number of anilines is 2. The second kappa shape index (κ2) is 4.70. The van der Waals surface area contributed by atoms with Gasteiger partial charge in [0.15, 0.2) is 0 Å². The number of nitrogens with zero attached hydrogens (tertiary/aromatic N) is 1. The first-order valence-corrected chi connectivity index (χ1v) is 6.19. The molecule has 2 rings (SSSR count). The molecule has 0 heterocycles. The minimum Gasteiger partial charge on any atom is -0.393 e. The van der Waals surface area contributed by atoms with Crippen molar-refractivity contribution in [3.8, 4) is 0 Å². The van der Waals surface area contributed by atoms with E-state index in [2.05, 4.69) is 19.2 Å². The van der Waals surface area contributed by atoms with E-state index in [9.17, 15) is 10.1 Å². The van der Waals surface area contributed by atoms with Crippen LogP contribution in [0.1, 0.15) is 20.3 Å². The van der Waals surface area contributed by atoms with E-state index < -0.39 is 4.92 Å². The molecule has 6 heteroatoms. The Morgan fingerprint density at radius 3 is 2.68 bits per heavy atom. The molecule has 104 valence electrons. The monoisotopic (exact) mass is 265 g/mol. The standard InChI is InChI=1S/C13H19N3O3/c1-13(2)11(7-12(13)19-3)15-8-4-5-10(16(17)18)9(14)6-8/h4-6,11-12,15H,7,14H2,1-3H3. The lowest BCUT2D eigenvalue weighted by Gasteiger charge is -2.51. The van der Waals surface area contributed by atoms with Crippen molar-refractivity contribution in [2.75, 3.05) is 18.2 Å². The zero-order valence-electron chi connectivity index (χ0n) is 11.3. The molecule has 6 nitrogen and oxygen atoms in total. The average Bonchev–Trinajstić information content (AvgIpc) is 2.33. The maximum atomic E-state index is 10.7. The maximum Gasteiger partial charge on any atom is 0.292 e. The third-order valence-electron chi connectivity index (χ3n) is 4.03. The molecule has 0 spiro atoms. The molecule has 19 heavy (non-hydrogen) atoms. The number of benzene rings is 1. The highest BCUT2D eigenvalue weighted by molar-refractivity contribution is 5.66. The van der Waals surface area contributed by atoms with Gasteiger partial charge in [0.1, 0.15) is 5.69 Å². The number of nitrogens with one attached hydrogen (secondary N) is 1. The van der Waals surface area contributed by atoms with Crippen LogP contribution in [-0.2, 0) is 4.74 Å². The quantitative estimate of drug-likeness (QED) is 0.495. The topological polar surface area (TPSA) is 90.4 Å². The van der Waals surface area contributed by atoms with E-state index in [1.165, 1.54) is 6.07 Å². The Morgan fingerprint density at radius 1 is 1.53 bits per heavy atom. The summed E-state index contributed by atoms with van der Waals surface area (Å²) in [5, 5.41) is 14.1. The van der Waals surface area contributed by atoms with Gasteiger partial charge in [0.05, 0.1) is 11.0 Å². The first kappa shape index (κ1) is 13.6. The van der Waals surface area contributed by atoms with Crippen LogP contribution in [0.15, 0.2) is 18.2 Å². The fraction of sp³-hybridized carbons (Fsp3) is 0.538. The van der Waals surface area contributed by atoms with Crippen LogP contribution in [0.3, 0.4) is 0 Å². The second-order valence-electron chi connectivity index (χ2n) is 5.51. The van der Waals surface area contributed by atoms with Crippen molar-refractivity contribution in [3.63, 3.8) is 0 Å². The molecule has 1 saturated carbocycles. The second-order valence-corrected chi connectivity index (χ2v) is 5.51. The van der Waals surface area contributed by atoms with E-state index in [4.69, 9.17) is 10.5 Å². The number of nitro groups is 1. The van der Waals surface area contributed by atoms with E-state index in [-0.39, 0.29) is 28.9 Å². The predicted molar refractivity (Wildman–Crippen MR) is 74.1 cm³/mol. The molecule has 1 aliphatic rings. The summed E-state index contributed by atoms with van der Waals surface area (Å²) in [6.07, 6.45) is 1.15. The molecule has 1 fully saturated rings. The van der Waals surface area contributed by atoms with Gasteiger partial charge in [-0.3, -0.25) is 10.1 Å². The Hall–Kier alpha value is -1.82. The third kappa shape index (κ3) is 2.35. The maximum absolute atomic E-state index is 10.7. The van der Waals surface area contributed by atoms with Crippen molar-refractivity contribution >= 4 is 17.1 Å². The summed E-state index contributed by atoms with van der Waals surface area (Å²) in [6, 6.07) is 4.99. The van der Waals surface area contributed by atoms with Gasteiger partial charge in [0.2, 0.25) is 0 Å². The number of hydrogen-bond donors (Lipinski definition) is 2. The van der Waals surface area contributed by atoms with Gasteiger partial charge in [-0.25, -0.2) is 0 Å². The lowest BCUT2D eigenvalue weighted by atomic mass is 9.64. The molecule has 0 saturated heterocycles. The van der Waals surface area contributed by atoms with E-state index in [0.717, 1.165) is 12.1 Å². The summed E-state index contributed by atoms with van der Waals surface area (Å²) >= 11 is 0. The number of nitrogen functional groups attached to an aromatic ring is 1. The van der Waals surface area contributed by atoms with Gasteiger partial charge in [-0.15, -0.1) is 0 Å². The third-order valence-corrected chi connectivity index (χ3v) is 4.03. The number of nitrogens with two attached hydrogens (primary N) is 1. The van der Waals surface area contributed by atoms with Crippen molar-refractivity contribution in [3.05, 3.63) is 28.3 Å². The molecule has 1 aliphatic carbocycles. The minimum absolute atomic E-state index is 0.0330. The fourth-order valence-corrected chi connectivity index (χ4v) is 2.54. The molecule has 0 aromatic heterocycles. The van der Waals surface area contributed by atoms with Crippen LogP contribution in [0.25, 0.3) is 0 Å². The molecule has 3 N–H and O–H groups in total. The van der Waals surface area contributed by atoms with Crippen LogP contribution < -0.4 is 11.1 Å². The predicted octanol–water partition coefficient (Wildman–Crippen LogP) is 2.40. The summed E-state index contributed by atoms with van der Waals surface area (Å²) in [4.78, 5) is 10.2. The van der Waals surface area contributed by atoms with Gasteiger partial charge >= 0.3 is 0 Å². The average molecular weight is 265 g/mol. The van der Waals surface area contributed by atoms with Crippen molar-refractivity contribution < 1.29 is 9.66 Å². The lowest BCUT2D eigenvalue weighted by Crippen LogP contribution is -2.57. The SMILES string of the molecule is COC1CC(Nc2ccc([N+](=O)[O-])c(N)c2)C1(C)C.